The van der Waals surface area contributed by atoms with Crippen LogP contribution in [0.2, 0.25) is 0 Å². The first-order valence-electron chi connectivity index (χ1n) is 7.48. The highest BCUT2D eigenvalue weighted by atomic mass is 19.4. The molecule has 0 atom stereocenters. The summed E-state index contributed by atoms with van der Waals surface area (Å²) < 4.78 is 53.0. The lowest BCUT2D eigenvalue weighted by Gasteiger charge is -2.48. The number of rotatable bonds is 0. The molecule has 1 aliphatic carbocycles. The lowest BCUT2D eigenvalue weighted by atomic mass is 9.55. The van der Waals surface area contributed by atoms with Crippen molar-refractivity contribution in [3.63, 3.8) is 0 Å². The lowest BCUT2D eigenvalue weighted by Crippen LogP contribution is -2.43. The Morgan fingerprint density at radius 2 is 1.22 bits per heavy atom. The maximum absolute atomic E-state index is 13.7. The first-order chi connectivity index (χ1) is 10.5. The number of benzene rings is 2. The molecule has 0 N–H and O–H groups in total. The van der Waals surface area contributed by atoms with Crippen LogP contribution in [0.25, 0.3) is 11.1 Å². The third kappa shape index (κ3) is 2.19. The molecular formula is C19H18F4. The molecule has 0 amide bonds. The van der Waals surface area contributed by atoms with E-state index in [0.29, 0.717) is 5.56 Å². The van der Waals surface area contributed by atoms with Crippen molar-refractivity contribution in [2.24, 2.45) is 0 Å². The molecule has 0 bridgehead atoms. The second-order valence-corrected chi connectivity index (χ2v) is 7.20. The number of fused-ring (bicyclic) bond motifs is 3. The molecule has 2 aromatic carbocycles. The highest BCUT2D eigenvalue weighted by Gasteiger charge is 2.47. The van der Waals surface area contributed by atoms with Crippen LogP contribution in [0.5, 0.6) is 0 Å². The average Bonchev–Trinajstić information content (AvgIpc) is 2.44. The predicted octanol–water partition coefficient (Wildman–Crippen LogP) is 6.08. The third-order valence-corrected chi connectivity index (χ3v) is 5.53. The molecule has 122 valence electrons. The topological polar surface area (TPSA) is 0 Å². The zero-order valence-corrected chi connectivity index (χ0v) is 13.5. The summed E-state index contributed by atoms with van der Waals surface area (Å²) in [6, 6.07) is 8.36. The molecule has 0 aromatic heterocycles. The summed E-state index contributed by atoms with van der Waals surface area (Å²) in [4.78, 5) is 0. The average molecular weight is 322 g/mol. The molecule has 0 aliphatic heterocycles. The molecule has 4 heteroatoms. The van der Waals surface area contributed by atoms with Gasteiger partial charge in [0.05, 0.1) is 5.56 Å². The Labute approximate surface area is 133 Å². The van der Waals surface area contributed by atoms with Gasteiger partial charge in [-0.25, -0.2) is 4.39 Å². The van der Waals surface area contributed by atoms with Crippen LogP contribution in [-0.4, -0.2) is 0 Å². The van der Waals surface area contributed by atoms with Gasteiger partial charge in [-0.3, -0.25) is 0 Å². The molecule has 23 heavy (non-hydrogen) atoms. The van der Waals surface area contributed by atoms with Gasteiger partial charge in [-0.1, -0.05) is 39.8 Å². The Morgan fingerprint density at radius 3 is 1.74 bits per heavy atom. The Balaban J connectivity index is 2.37. The van der Waals surface area contributed by atoms with E-state index in [1.807, 2.05) is 27.7 Å². The van der Waals surface area contributed by atoms with Crippen LogP contribution in [0.15, 0.2) is 36.4 Å². The van der Waals surface area contributed by atoms with Gasteiger partial charge in [-0.05, 0) is 57.3 Å². The van der Waals surface area contributed by atoms with Crippen LogP contribution in [0.3, 0.4) is 0 Å². The summed E-state index contributed by atoms with van der Waals surface area (Å²) in [5.74, 6) is -0.331. The van der Waals surface area contributed by atoms with E-state index in [1.165, 1.54) is 24.3 Å². The van der Waals surface area contributed by atoms with Gasteiger partial charge in [-0.2, -0.15) is 13.2 Å². The van der Waals surface area contributed by atoms with Crippen molar-refractivity contribution in [1.82, 2.24) is 0 Å². The van der Waals surface area contributed by atoms with Crippen molar-refractivity contribution in [2.45, 2.75) is 44.7 Å². The van der Waals surface area contributed by atoms with E-state index in [1.54, 1.807) is 6.07 Å². The monoisotopic (exact) mass is 322 g/mol. The lowest BCUT2D eigenvalue weighted by molar-refractivity contribution is -0.137. The van der Waals surface area contributed by atoms with Crippen molar-refractivity contribution < 1.29 is 17.6 Å². The van der Waals surface area contributed by atoms with Gasteiger partial charge >= 0.3 is 6.18 Å². The van der Waals surface area contributed by atoms with E-state index < -0.39 is 22.6 Å². The number of alkyl halides is 3. The highest BCUT2D eigenvalue weighted by Crippen LogP contribution is 2.54. The fourth-order valence-electron chi connectivity index (χ4n) is 3.41. The van der Waals surface area contributed by atoms with Gasteiger partial charge < -0.3 is 0 Å². The molecule has 0 heterocycles. The van der Waals surface area contributed by atoms with Crippen LogP contribution in [0.4, 0.5) is 17.6 Å². The van der Waals surface area contributed by atoms with Gasteiger partial charge in [0.25, 0.3) is 0 Å². The second kappa shape index (κ2) is 4.59. The fraction of sp³-hybridized carbons (Fsp3) is 0.368. The van der Waals surface area contributed by atoms with Gasteiger partial charge in [0.2, 0.25) is 0 Å². The first kappa shape index (κ1) is 16.0. The smallest absolute Gasteiger partial charge is 0.207 e. The molecule has 1 aliphatic rings. The number of halogens is 4. The molecule has 0 saturated heterocycles. The van der Waals surface area contributed by atoms with Crippen LogP contribution < -0.4 is 0 Å². The van der Waals surface area contributed by atoms with E-state index in [2.05, 4.69) is 0 Å². The zero-order chi connectivity index (χ0) is 17.2. The molecule has 3 rings (SSSR count). The largest absolute Gasteiger partial charge is 0.416 e. The molecule has 0 radical (unpaired) electrons. The van der Waals surface area contributed by atoms with Crippen molar-refractivity contribution in [3.8, 4) is 11.1 Å². The predicted molar refractivity (Wildman–Crippen MR) is 82.9 cm³/mol. The Morgan fingerprint density at radius 1 is 0.739 bits per heavy atom. The summed E-state index contributed by atoms with van der Waals surface area (Å²) in [6.45, 7) is 7.74. The van der Waals surface area contributed by atoms with E-state index in [9.17, 15) is 17.6 Å². The molecule has 0 fully saturated rings. The van der Waals surface area contributed by atoms with Gasteiger partial charge in [-0.15, -0.1) is 0 Å². The van der Waals surface area contributed by atoms with Gasteiger partial charge in [0, 0.05) is 0 Å². The fourth-order valence-corrected chi connectivity index (χ4v) is 3.41. The minimum absolute atomic E-state index is 0.331. The molecule has 2 aromatic rings. The molecule has 0 saturated carbocycles. The molecule has 0 nitrogen and oxygen atoms in total. The summed E-state index contributed by atoms with van der Waals surface area (Å²) in [7, 11) is 0. The van der Waals surface area contributed by atoms with Crippen molar-refractivity contribution in [2.75, 3.05) is 0 Å². The van der Waals surface area contributed by atoms with Crippen molar-refractivity contribution in [3.05, 3.63) is 58.9 Å². The third-order valence-electron chi connectivity index (χ3n) is 5.53. The quantitative estimate of drug-likeness (QED) is 0.516. The standard InChI is InChI=1S/C19H18F4/c1-17(2)15-9-11(19(21,22)23)5-7-13(15)14-8-6-12(20)10-16(14)18(17,3)4/h5-10H,1-4H3. The maximum Gasteiger partial charge on any atom is 0.416 e. The SMILES string of the molecule is CC1(C)c2cc(F)ccc2-c2ccc(C(F)(F)F)cc2C1(C)C. The Kier molecular flexibility index (Phi) is 3.20. The van der Waals surface area contributed by atoms with E-state index in [-0.39, 0.29) is 5.82 Å². The van der Waals surface area contributed by atoms with Gasteiger partial charge in [0.15, 0.2) is 0 Å². The first-order valence-corrected chi connectivity index (χ1v) is 7.48. The maximum atomic E-state index is 13.7. The Bertz CT molecular complexity index is 782. The molecule has 0 unspecified atom stereocenters. The Hall–Kier alpha value is -1.84. The summed E-state index contributed by atoms with van der Waals surface area (Å²) in [5.41, 5.74) is 1.32. The van der Waals surface area contributed by atoms with Crippen LogP contribution in [0, 0.1) is 5.82 Å². The second-order valence-electron chi connectivity index (χ2n) is 7.20. The van der Waals surface area contributed by atoms with Crippen LogP contribution >= 0.6 is 0 Å². The highest BCUT2D eigenvalue weighted by molar-refractivity contribution is 5.77. The van der Waals surface area contributed by atoms with E-state index in [4.69, 9.17) is 0 Å². The molecule has 0 spiro atoms. The van der Waals surface area contributed by atoms with Crippen molar-refractivity contribution in [1.29, 1.82) is 0 Å². The van der Waals surface area contributed by atoms with E-state index >= 15 is 0 Å². The zero-order valence-electron chi connectivity index (χ0n) is 13.5. The number of hydrogen-bond acceptors (Lipinski definition) is 0. The van der Waals surface area contributed by atoms with Gasteiger partial charge in [0.1, 0.15) is 5.82 Å². The van der Waals surface area contributed by atoms with Crippen molar-refractivity contribution >= 4 is 0 Å². The van der Waals surface area contributed by atoms with Crippen LogP contribution in [-0.2, 0) is 17.0 Å². The molecular weight excluding hydrogens is 304 g/mol. The number of hydrogen-bond donors (Lipinski definition) is 0. The summed E-state index contributed by atoms with van der Waals surface area (Å²) in [6.07, 6.45) is -4.38. The normalized spacial score (nSPS) is 18.3. The minimum atomic E-state index is -4.38. The summed E-state index contributed by atoms with van der Waals surface area (Å²) in [5, 5.41) is 0. The minimum Gasteiger partial charge on any atom is -0.207 e. The van der Waals surface area contributed by atoms with E-state index in [0.717, 1.165) is 22.8 Å². The van der Waals surface area contributed by atoms with Crippen LogP contribution in [0.1, 0.15) is 44.4 Å². The summed E-state index contributed by atoms with van der Waals surface area (Å²) >= 11 is 0.